The van der Waals surface area contributed by atoms with E-state index in [1.807, 2.05) is 79.2 Å². The van der Waals surface area contributed by atoms with Crippen molar-refractivity contribution in [2.75, 3.05) is 17.6 Å². The van der Waals surface area contributed by atoms with E-state index in [4.69, 9.17) is 0 Å². The van der Waals surface area contributed by atoms with Gasteiger partial charge in [0.1, 0.15) is 0 Å². The number of carbonyl (C=O) groups excluding carboxylic acids is 1. The molecule has 0 atom stereocenters. The number of para-hydroxylation sites is 1. The second-order valence-electron chi connectivity index (χ2n) is 7.12. The van der Waals surface area contributed by atoms with E-state index in [1.165, 1.54) is 0 Å². The van der Waals surface area contributed by atoms with Gasteiger partial charge in [-0.05, 0) is 68.8 Å². The van der Waals surface area contributed by atoms with Crippen molar-refractivity contribution < 1.29 is 4.79 Å². The summed E-state index contributed by atoms with van der Waals surface area (Å²) in [6.45, 7) is 4.85. The number of benzene rings is 2. The molecule has 0 saturated heterocycles. The van der Waals surface area contributed by atoms with Crippen molar-refractivity contribution in [1.29, 1.82) is 0 Å². The number of ketones is 1. The molecular formula is C24H24N4OS. The van der Waals surface area contributed by atoms with Crippen molar-refractivity contribution in [2.24, 2.45) is 4.99 Å². The molecule has 1 aromatic heterocycles. The third kappa shape index (κ3) is 4.54. The molecule has 3 aromatic rings. The highest BCUT2D eigenvalue weighted by molar-refractivity contribution is 8.14. The Morgan fingerprint density at radius 1 is 1.10 bits per heavy atom. The van der Waals surface area contributed by atoms with Gasteiger partial charge < -0.3 is 5.32 Å². The number of aliphatic imine (C=N–C) groups is 1. The molecule has 1 aliphatic rings. The predicted octanol–water partition coefficient (Wildman–Crippen LogP) is 5.29. The van der Waals surface area contributed by atoms with Crippen molar-refractivity contribution in [3.05, 3.63) is 83.2 Å². The summed E-state index contributed by atoms with van der Waals surface area (Å²) in [6, 6.07) is 17.5. The standard InChI is InChI=1S/C24H24N4OS/c1-17-22(18(2)28(27-17)21-7-4-3-5-8-21)13-14-23(29)19-9-11-20(12-10-19)26-24-25-15-6-16-30-24/h3-5,7-14H,6,15-16H2,1-2H3,(H,25,26)/b14-13+. The van der Waals surface area contributed by atoms with Gasteiger partial charge in [-0.1, -0.05) is 30.0 Å². The number of hydrogen-bond donors (Lipinski definition) is 1. The highest BCUT2D eigenvalue weighted by Gasteiger charge is 2.11. The smallest absolute Gasteiger partial charge is 0.185 e. The molecule has 0 bridgehead atoms. The van der Waals surface area contributed by atoms with Crippen LogP contribution in [0.4, 0.5) is 5.69 Å². The van der Waals surface area contributed by atoms with Crippen molar-refractivity contribution in [3.8, 4) is 5.69 Å². The summed E-state index contributed by atoms with van der Waals surface area (Å²) in [5.41, 5.74) is 5.48. The fourth-order valence-electron chi connectivity index (χ4n) is 3.35. The van der Waals surface area contributed by atoms with Gasteiger partial charge in [-0.2, -0.15) is 5.10 Å². The van der Waals surface area contributed by atoms with Crippen LogP contribution in [-0.2, 0) is 0 Å². The van der Waals surface area contributed by atoms with Crippen LogP contribution in [0.15, 0.2) is 65.7 Å². The van der Waals surface area contributed by atoms with Crippen LogP contribution in [0.5, 0.6) is 0 Å². The van der Waals surface area contributed by atoms with Gasteiger partial charge in [0.25, 0.3) is 0 Å². The second kappa shape index (κ2) is 9.13. The number of aromatic nitrogens is 2. The topological polar surface area (TPSA) is 59.3 Å². The van der Waals surface area contributed by atoms with Gasteiger partial charge in [-0.25, -0.2) is 4.68 Å². The van der Waals surface area contributed by atoms with Crippen LogP contribution < -0.4 is 5.32 Å². The minimum atomic E-state index is -0.0304. The SMILES string of the molecule is Cc1nn(-c2ccccc2)c(C)c1/C=C/C(=O)c1ccc(NC2=NCCCS2)cc1. The third-order valence-electron chi connectivity index (χ3n) is 4.97. The maximum Gasteiger partial charge on any atom is 0.185 e. The Labute approximate surface area is 180 Å². The number of thioether (sulfide) groups is 1. The first-order valence-corrected chi connectivity index (χ1v) is 11.0. The first-order valence-electron chi connectivity index (χ1n) is 10.0. The Bertz CT molecular complexity index is 1100. The first kappa shape index (κ1) is 20.2. The minimum Gasteiger partial charge on any atom is -0.335 e. The minimum absolute atomic E-state index is 0.0304. The molecule has 2 aromatic carbocycles. The first-order chi connectivity index (χ1) is 14.6. The summed E-state index contributed by atoms with van der Waals surface area (Å²) in [5, 5.41) is 8.89. The maximum absolute atomic E-state index is 12.7. The molecule has 0 unspecified atom stereocenters. The van der Waals surface area contributed by atoms with Crippen molar-refractivity contribution in [2.45, 2.75) is 20.3 Å². The normalized spacial score (nSPS) is 14.0. The zero-order valence-electron chi connectivity index (χ0n) is 17.1. The Balaban J connectivity index is 1.47. The predicted molar refractivity (Wildman–Crippen MR) is 126 cm³/mol. The van der Waals surface area contributed by atoms with Crippen LogP contribution in [0.3, 0.4) is 0 Å². The molecule has 0 saturated carbocycles. The zero-order chi connectivity index (χ0) is 20.9. The van der Waals surface area contributed by atoms with Crippen LogP contribution in [0, 0.1) is 13.8 Å². The molecule has 2 heterocycles. The number of allylic oxidation sites excluding steroid dienone is 1. The van der Waals surface area contributed by atoms with Crippen LogP contribution >= 0.6 is 11.8 Å². The average Bonchev–Trinajstić information content (AvgIpc) is 3.07. The molecule has 5 nitrogen and oxygen atoms in total. The summed E-state index contributed by atoms with van der Waals surface area (Å²) < 4.78 is 1.91. The van der Waals surface area contributed by atoms with E-state index in [-0.39, 0.29) is 5.78 Å². The fraction of sp³-hybridized carbons (Fsp3) is 0.208. The lowest BCUT2D eigenvalue weighted by molar-refractivity contribution is 0.104. The molecule has 0 fully saturated rings. The largest absolute Gasteiger partial charge is 0.335 e. The number of aryl methyl sites for hydroxylation is 1. The van der Waals surface area contributed by atoms with E-state index in [1.54, 1.807) is 17.8 Å². The van der Waals surface area contributed by atoms with E-state index in [0.29, 0.717) is 5.56 Å². The van der Waals surface area contributed by atoms with Crippen molar-refractivity contribution >= 4 is 34.5 Å². The molecular weight excluding hydrogens is 392 g/mol. The van der Waals surface area contributed by atoms with Crippen molar-refractivity contribution in [1.82, 2.24) is 9.78 Å². The highest BCUT2D eigenvalue weighted by atomic mass is 32.2. The van der Waals surface area contributed by atoms with Gasteiger partial charge in [-0.3, -0.25) is 9.79 Å². The molecule has 0 spiro atoms. The van der Waals surface area contributed by atoms with Gasteiger partial charge in [0.2, 0.25) is 0 Å². The van der Waals surface area contributed by atoms with Crippen LogP contribution in [0.1, 0.15) is 33.7 Å². The quantitative estimate of drug-likeness (QED) is 0.453. The Hall–Kier alpha value is -3.12. The number of rotatable bonds is 5. The molecule has 0 radical (unpaired) electrons. The highest BCUT2D eigenvalue weighted by Crippen LogP contribution is 2.20. The van der Waals surface area contributed by atoms with Crippen molar-refractivity contribution in [3.63, 3.8) is 0 Å². The summed E-state index contributed by atoms with van der Waals surface area (Å²) in [5.74, 6) is 1.06. The van der Waals surface area contributed by atoms with Crippen LogP contribution in [0.2, 0.25) is 0 Å². The molecule has 1 aliphatic heterocycles. The maximum atomic E-state index is 12.7. The third-order valence-corrected chi connectivity index (χ3v) is 5.96. The fourth-order valence-corrected chi connectivity index (χ4v) is 4.19. The summed E-state index contributed by atoms with van der Waals surface area (Å²) in [4.78, 5) is 17.1. The zero-order valence-corrected chi connectivity index (χ0v) is 17.9. The van der Waals surface area contributed by atoms with Gasteiger partial charge in [0, 0.05) is 34.8 Å². The molecule has 6 heteroatoms. The van der Waals surface area contributed by atoms with E-state index in [9.17, 15) is 4.79 Å². The van der Waals surface area contributed by atoms with Gasteiger partial charge >= 0.3 is 0 Å². The van der Waals surface area contributed by atoms with Crippen LogP contribution in [0.25, 0.3) is 11.8 Å². The molecule has 0 aliphatic carbocycles. The molecule has 152 valence electrons. The lowest BCUT2D eigenvalue weighted by atomic mass is 10.1. The number of nitrogens with zero attached hydrogens (tertiary/aromatic N) is 3. The molecule has 1 N–H and O–H groups in total. The average molecular weight is 417 g/mol. The summed E-state index contributed by atoms with van der Waals surface area (Å²) in [6.07, 6.45) is 4.60. The summed E-state index contributed by atoms with van der Waals surface area (Å²) in [7, 11) is 0. The summed E-state index contributed by atoms with van der Waals surface area (Å²) >= 11 is 1.73. The van der Waals surface area contributed by atoms with Gasteiger partial charge in [0.05, 0.1) is 11.4 Å². The van der Waals surface area contributed by atoms with E-state index in [0.717, 1.165) is 52.2 Å². The van der Waals surface area contributed by atoms with E-state index in [2.05, 4.69) is 15.4 Å². The Morgan fingerprint density at radius 2 is 1.87 bits per heavy atom. The monoisotopic (exact) mass is 416 g/mol. The number of nitrogens with one attached hydrogen (secondary N) is 1. The second-order valence-corrected chi connectivity index (χ2v) is 8.20. The number of amidine groups is 1. The van der Waals surface area contributed by atoms with E-state index >= 15 is 0 Å². The Kier molecular flexibility index (Phi) is 6.14. The lowest BCUT2D eigenvalue weighted by Gasteiger charge is -2.13. The molecule has 0 amide bonds. The Morgan fingerprint density at radius 3 is 2.57 bits per heavy atom. The number of carbonyl (C=O) groups is 1. The molecule has 30 heavy (non-hydrogen) atoms. The van der Waals surface area contributed by atoms with E-state index < -0.39 is 0 Å². The number of hydrogen-bond acceptors (Lipinski definition) is 5. The van der Waals surface area contributed by atoms with Gasteiger partial charge in [-0.15, -0.1) is 0 Å². The lowest BCUT2D eigenvalue weighted by Crippen LogP contribution is -2.13. The van der Waals surface area contributed by atoms with Gasteiger partial charge in [0.15, 0.2) is 11.0 Å². The molecule has 4 rings (SSSR count). The number of anilines is 1. The van der Waals surface area contributed by atoms with Crippen LogP contribution in [-0.4, -0.2) is 33.0 Å².